The molecule has 0 saturated heterocycles. The van der Waals surface area contributed by atoms with Gasteiger partial charge in [0.05, 0.1) is 12.6 Å². The van der Waals surface area contributed by atoms with Gasteiger partial charge in [-0.3, -0.25) is 4.99 Å². The van der Waals surface area contributed by atoms with Crippen molar-refractivity contribution < 1.29 is 9.53 Å². The van der Waals surface area contributed by atoms with E-state index in [4.69, 9.17) is 4.74 Å². The molecule has 0 unspecified atom stereocenters. The number of carbonyl (C=O) groups excluding carboxylic acids is 1. The van der Waals surface area contributed by atoms with E-state index in [1.807, 2.05) is 37.3 Å². The largest absolute Gasteiger partial charge is 0.462 e. The van der Waals surface area contributed by atoms with Crippen LogP contribution in [-0.2, 0) is 9.53 Å². The second-order valence-electron chi connectivity index (χ2n) is 3.12. The molecule has 0 radical (unpaired) electrons. The molecule has 1 atom stereocenters. The maximum absolute atomic E-state index is 11.0. The molecule has 0 aliphatic heterocycles. The standard InChI is InChI=1S/C12H15NO2/c1-3-15-12(14)9-13-10(2)11-7-5-4-6-8-11/h4-10H,3H2,1-2H3/b13-9+/t10-/m0/s1. The van der Waals surface area contributed by atoms with Crippen molar-refractivity contribution in [1.29, 1.82) is 0 Å². The van der Waals surface area contributed by atoms with Crippen LogP contribution < -0.4 is 0 Å². The number of hydrogen-bond acceptors (Lipinski definition) is 3. The van der Waals surface area contributed by atoms with Gasteiger partial charge in [-0.1, -0.05) is 30.3 Å². The summed E-state index contributed by atoms with van der Waals surface area (Å²) in [6.45, 7) is 4.09. The summed E-state index contributed by atoms with van der Waals surface area (Å²) in [6, 6.07) is 9.79. The summed E-state index contributed by atoms with van der Waals surface area (Å²) < 4.78 is 4.74. The van der Waals surface area contributed by atoms with E-state index in [9.17, 15) is 4.79 Å². The molecule has 0 saturated carbocycles. The quantitative estimate of drug-likeness (QED) is 0.559. The van der Waals surface area contributed by atoms with Crippen LogP contribution in [0, 0.1) is 0 Å². The third kappa shape index (κ3) is 3.94. The molecule has 1 aromatic carbocycles. The summed E-state index contributed by atoms with van der Waals surface area (Å²) in [5.74, 6) is -0.389. The Labute approximate surface area is 89.8 Å². The second kappa shape index (κ2) is 5.96. The Morgan fingerprint density at radius 1 is 1.47 bits per heavy atom. The first kappa shape index (κ1) is 11.4. The lowest BCUT2D eigenvalue weighted by molar-refractivity contribution is -0.134. The number of esters is 1. The highest BCUT2D eigenvalue weighted by Crippen LogP contribution is 2.14. The predicted octanol–water partition coefficient (Wildman–Crippen LogP) is 2.38. The Balaban J connectivity index is 2.56. The van der Waals surface area contributed by atoms with Crippen LogP contribution in [0.25, 0.3) is 0 Å². The molecule has 0 spiro atoms. The molecule has 3 heteroatoms. The number of hydrogen-bond donors (Lipinski definition) is 0. The number of nitrogens with zero attached hydrogens (tertiary/aromatic N) is 1. The van der Waals surface area contributed by atoms with Gasteiger partial charge in [-0.25, -0.2) is 4.79 Å². The van der Waals surface area contributed by atoms with Gasteiger partial charge in [0.15, 0.2) is 0 Å². The Hall–Kier alpha value is -1.64. The van der Waals surface area contributed by atoms with E-state index in [0.29, 0.717) is 6.61 Å². The van der Waals surface area contributed by atoms with Crippen LogP contribution in [0.2, 0.25) is 0 Å². The lowest BCUT2D eigenvalue weighted by Gasteiger charge is -2.05. The summed E-state index contributed by atoms with van der Waals surface area (Å²) in [5, 5.41) is 0. The monoisotopic (exact) mass is 205 g/mol. The highest BCUT2D eigenvalue weighted by molar-refractivity contribution is 6.23. The molecule has 15 heavy (non-hydrogen) atoms. The van der Waals surface area contributed by atoms with Gasteiger partial charge >= 0.3 is 5.97 Å². The summed E-state index contributed by atoms with van der Waals surface area (Å²) in [5.41, 5.74) is 1.08. The first-order valence-electron chi connectivity index (χ1n) is 4.99. The molecule has 0 aliphatic rings. The maximum atomic E-state index is 11.0. The van der Waals surface area contributed by atoms with Crippen molar-refractivity contribution in [3.8, 4) is 0 Å². The van der Waals surface area contributed by atoms with E-state index in [2.05, 4.69) is 4.99 Å². The molecule has 0 N–H and O–H groups in total. The minimum Gasteiger partial charge on any atom is -0.462 e. The first-order chi connectivity index (χ1) is 7.24. The molecular weight excluding hydrogens is 190 g/mol. The summed E-state index contributed by atoms with van der Waals surface area (Å²) in [7, 11) is 0. The van der Waals surface area contributed by atoms with Gasteiger partial charge < -0.3 is 4.74 Å². The summed E-state index contributed by atoms with van der Waals surface area (Å²) in [4.78, 5) is 15.1. The Kier molecular flexibility index (Phi) is 4.54. The first-order valence-corrected chi connectivity index (χ1v) is 4.99. The van der Waals surface area contributed by atoms with Crippen LogP contribution in [0.15, 0.2) is 35.3 Å². The molecule has 3 nitrogen and oxygen atoms in total. The smallest absolute Gasteiger partial charge is 0.348 e. The van der Waals surface area contributed by atoms with Crippen LogP contribution in [0.4, 0.5) is 0 Å². The average Bonchev–Trinajstić information content (AvgIpc) is 2.27. The predicted molar refractivity (Wildman–Crippen MR) is 60.0 cm³/mol. The molecule has 0 fully saturated rings. The lowest BCUT2D eigenvalue weighted by Crippen LogP contribution is -2.05. The number of ether oxygens (including phenoxy) is 1. The van der Waals surface area contributed by atoms with Crippen LogP contribution in [0.3, 0.4) is 0 Å². The van der Waals surface area contributed by atoms with Crippen molar-refractivity contribution in [2.45, 2.75) is 19.9 Å². The number of benzene rings is 1. The molecule has 0 heterocycles. The van der Waals surface area contributed by atoms with Gasteiger partial charge in [-0.2, -0.15) is 0 Å². The van der Waals surface area contributed by atoms with Gasteiger partial charge in [0.25, 0.3) is 0 Å². The fourth-order valence-electron chi connectivity index (χ4n) is 1.17. The average molecular weight is 205 g/mol. The van der Waals surface area contributed by atoms with E-state index < -0.39 is 0 Å². The minimum atomic E-state index is -0.389. The molecule has 1 aromatic rings. The van der Waals surface area contributed by atoms with E-state index >= 15 is 0 Å². The van der Waals surface area contributed by atoms with Crippen LogP contribution in [0.1, 0.15) is 25.5 Å². The van der Waals surface area contributed by atoms with Crippen molar-refractivity contribution in [2.24, 2.45) is 4.99 Å². The van der Waals surface area contributed by atoms with Gasteiger partial charge in [0, 0.05) is 0 Å². The number of carbonyl (C=O) groups is 1. The van der Waals surface area contributed by atoms with Crippen molar-refractivity contribution >= 4 is 12.2 Å². The van der Waals surface area contributed by atoms with Gasteiger partial charge in [0.1, 0.15) is 6.21 Å². The molecule has 0 bridgehead atoms. The number of rotatable bonds is 4. The second-order valence-corrected chi connectivity index (χ2v) is 3.12. The zero-order chi connectivity index (χ0) is 11.1. The zero-order valence-corrected chi connectivity index (χ0v) is 9.01. The summed E-state index contributed by atoms with van der Waals surface area (Å²) >= 11 is 0. The highest BCUT2D eigenvalue weighted by atomic mass is 16.5. The maximum Gasteiger partial charge on any atom is 0.348 e. The van der Waals surface area contributed by atoms with E-state index in [0.717, 1.165) is 5.56 Å². The van der Waals surface area contributed by atoms with Crippen molar-refractivity contribution in [2.75, 3.05) is 6.61 Å². The van der Waals surface area contributed by atoms with Gasteiger partial charge in [-0.15, -0.1) is 0 Å². The molecule has 0 amide bonds. The Morgan fingerprint density at radius 3 is 2.73 bits per heavy atom. The topological polar surface area (TPSA) is 38.7 Å². The minimum absolute atomic E-state index is 0.0180. The Morgan fingerprint density at radius 2 is 2.13 bits per heavy atom. The fourth-order valence-corrected chi connectivity index (χ4v) is 1.17. The molecule has 80 valence electrons. The van der Waals surface area contributed by atoms with Crippen molar-refractivity contribution in [3.05, 3.63) is 35.9 Å². The third-order valence-electron chi connectivity index (χ3n) is 1.97. The van der Waals surface area contributed by atoms with E-state index in [-0.39, 0.29) is 12.0 Å². The lowest BCUT2D eigenvalue weighted by atomic mass is 10.1. The Bertz CT molecular complexity index is 333. The highest BCUT2D eigenvalue weighted by Gasteiger charge is 2.02. The molecular formula is C12H15NO2. The normalized spacial score (nSPS) is 12.7. The summed E-state index contributed by atoms with van der Waals surface area (Å²) in [6.07, 6.45) is 1.24. The van der Waals surface area contributed by atoms with Crippen molar-refractivity contribution in [1.82, 2.24) is 0 Å². The molecule has 1 rings (SSSR count). The fraction of sp³-hybridized carbons (Fsp3) is 0.333. The zero-order valence-electron chi connectivity index (χ0n) is 9.01. The number of aliphatic imine (C=N–C) groups is 1. The van der Waals surface area contributed by atoms with E-state index in [1.165, 1.54) is 6.21 Å². The van der Waals surface area contributed by atoms with Crippen LogP contribution in [-0.4, -0.2) is 18.8 Å². The molecule has 0 aliphatic carbocycles. The third-order valence-corrected chi connectivity index (χ3v) is 1.97. The van der Waals surface area contributed by atoms with E-state index in [1.54, 1.807) is 6.92 Å². The molecule has 0 aromatic heterocycles. The van der Waals surface area contributed by atoms with Crippen molar-refractivity contribution in [3.63, 3.8) is 0 Å². The van der Waals surface area contributed by atoms with Crippen LogP contribution in [0.5, 0.6) is 0 Å². The van der Waals surface area contributed by atoms with Gasteiger partial charge in [-0.05, 0) is 19.4 Å². The van der Waals surface area contributed by atoms with Crippen LogP contribution >= 0.6 is 0 Å². The SMILES string of the molecule is CCOC(=O)/C=N/[C@@H](C)c1ccccc1. The van der Waals surface area contributed by atoms with Gasteiger partial charge in [0.2, 0.25) is 0 Å².